The molecule has 1 aliphatic heterocycles. The second-order valence-electron chi connectivity index (χ2n) is 3.68. The number of sulfone groups is 1. The summed E-state index contributed by atoms with van der Waals surface area (Å²) >= 11 is 0. The van der Waals surface area contributed by atoms with Crippen LogP contribution in [-0.2, 0) is 14.6 Å². The summed E-state index contributed by atoms with van der Waals surface area (Å²) in [5, 5.41) is 8.64. The Hall–Kier alpha value is -0.640. The van der Waals surface area contributed by atoms with Gasteiger partial charge in [-0.3, -0.25) is 4.90 Å². The summed E-state index contributed by atoms with van der Waals surface area (Å²) in [5.41, 5.74) is 0. The molecule has 0 spiro atoms. The van der Waals surface area contributed by atoms with Gasteiger partial charge in [-0.15, -0.1) is 0 Å². The van der Waals surface area contributed by atoms with Gasteiger partial charge in [0.25, 0.3) is 0 Å². The summed E-state index contributed by atoms with van der Waals surface area (Å²) in [6.07, 6.45) is 0.633. The predicted octanol–water partition coefficient (Wildman–Crippen LogP) is -0.355. The fraction of sp³-hybridized carbons (Fsp3) is 0.889. The number of methoxy groups -OCH3 is 1. The van der Waals surface area contributed by atoms with Crippen LogP contribution in [-0.4, -0.2) is 57.7 Å². The number of ether oxygens (including phenoxy) is 1. The normalized spacial score (nSPS) is 24.2. The fourth-order valence-corrected chi connectivity index (χ4v) is 3.52. The van der Waals surface area contributed by atoms with Gasteiger partial charge in [-0.05, 0) is 6.42 Å². The molecule has 0 aliphatic carbocycles. The Balaban J connectivity index is 2.54. The number of hydrogen-bond donors (Lipinski definition) is 0. The molecule has 1 fully saturated rings. The van der Waals surface area contributed by atoms with Gasteiger partial charge < -0.3 is 4.74 Å². The van der Waals surface area contributed by atoms with Crippen LogP contribution < -0.4 is 0 Å². The molecule has 1 rings (SSSR count). The largest absolute Gasteiger partial charge is 0.383 e. The minimum atomic E-state index is -2.88. The number of nitriles is 1. The zero-order valence-corrected chi connectivity index (χ0v) is 9.66. The lowest BCUT2D eigenvalue weighted by Crippen LogP contribution is -2.38. The third-order valence-corrected chi connectivity index (χ3v) is 4.33. The Morgan fingerprint density at radius 2 is 2.33 bits per heavy atom. The average Bonchev–Trinajstić information content (AvgIpc) is 2.53. The molecular weight excluding hydrogens is 216 g/mol. The summed E-state index contributed by atoms with van der Waals surface area (Å²) in [5.74, 6) is 0.422. The van der Waals surface area contributed by atoms with Crippen LogP contribution in [0.2, 0.25) is 0 Å². The Kier molecular flexibility index (Phi) is 4.51. The molecule has 0 amide bonds. The second-order valence-corrected chi connectivity index (χ2v) is 5.91. The van der Waals surface area contributed by atoms with Crippen LogP contribution in [0.4, 0.5) is 0 Å². The minimum Gasteiger partial charge on any atom is -0.383 e. The van der Waals surface area contributed by atoms with Gasteiger partial charge in [-0.1, -0.05) is 0 Å². The summed E-state index contributed by atoms with van der Waals surface area (Å²) in [6, 6.07) is 2.05. The molecule has 1 atom stereocenters. The monoisotopic (exact) mass is 232 g/mol. The molecule has 1 unspecified atom stereocenters. The lowest BCUT2D eigenvalue weighted by Gasteiger charge is -2.24. The van der Waals surface area contributed by atoms with Crippen molar-refractivity contribution in [2.24, 2.45) is 0 Å². The van der Waals surface area contributed by atoms with E-state index < -0.39 is 9.84 Å². The first kappa shape index (κ1) is 12.4. The van der Waals surface area contributed by atoms with E-state index >= 15 is 0 Å². The maximum Gasteiger partial charge on any atom is 0.151 e. The minimum absolute atomic E-state index is 0.00944. The number of hydrogen-bond acceptors (Lipinski definition) is 5. The van der Waals surface area contributed by atoms with Crippen LogP contribution in [0.1, 0.15) is 6.42 Å². The molecule has 0 aromatic rings. The predicted molar refractivity (Wildman–Crippen MR) is 56.1 cm³/mol. The Morgan fingerprint density at radius 1 is 1.60 bits per heavy atom. The Bertz CT molecular complexity index is 334. The second kappa shape index (κ2) is 5.45. The van der Waals surface area contributed by atoms with Crippen molar-refractivity contribution in [1.29, 1.82) is 5.26 Å². The van der Waals surface area contributed by atoms with Gasteiger partial charge in [0, 0.05) is 19.7 Å². The van der Waals surface area contributed by atoms with Crippen molar-refractivity contribution in [3.05, 3.63) is 0 Å². The van der Waals surface area contributed by atoms with E-state index in [0.29, 0.717) is 19.6 Å². The molecule has 0 N–H and O–H groups in total. The smallest absolute Gasteiger partial charge is 0.151 e. The van der Waals surface area contributed by atoms with Gasteiger partial charge in [-0.25, -0.2) is 8.42 Å². The summed E-state index contributed by atoms with van der Waals surface area (Å²) in [7, 11) is -1.28. The quantitative estimate of drug-likeness (QED) is 0.606. The van der Waals surface area contributed by atoms with E-state index in [-0.39, 0.29) is 24.1 Å². The molecule has 0 saturated carbocycles. The molecule has 0 aromatic heterocycles. The van der Waals surface area contributed by atoms with E-state index in [1.54, 1.807) is 7.11 Å². The van der Waals surface area contributed by atoms with E-state index in [2.05, 4.69) is 6.07 Å². The van der Waals surface area contributed by atoms with E-state index in [1.165, 1.54) is 0 Å². The van der Waals surface area contributed by atoms with Crippen molar-refractivity contribution in [3.63, 3.8) is 0 Å². The lowest BCUT2D eigenvalue weighted by atomic mass is 10.2. The van der Waals surface area contributed by atoms with Crippen molar-refractivity contribution in [2.45, 2.75) is 12.5 Å². The zero-order chi connectivity index (χ0) is 11.3. The van der Waals surface area contributed by atoms with Gasteiger partial charge in [0.15, 0.2) is 9.84 Å². The molecule has 86 valence electrons. The van der Waals surface area contributed by atoms with Gasteiger partial charge >= 0.3 is 0 Å². The third-order valence-electron chi connectivity index (χ3n) is 2.58. The lowest BCUT2D eigenvalue weighted by molar-refractivity contribution is 0.136. The molecule has 0 aromatic carbocycles. The van der Waals surface area contributed by atoms with Gasteiger partial charge in [0.05, 0.1) is 30.7 Å². The molecule has 6 heteroatoms. The fourth-order valence-electron chi connectivity index (χ4n) is 1.75. The molecule has 0 bridgehead atoms. The highest BCUT2D eigenvalue weighted by molar-refractivity contribution is 7.91. The van der Waals surface area contributed by atoms with Gasteiger partial charge in [-0.2, -0.15) is 5.26 Å². The first-order chi connectivity index (χ1) is 7.09. The maximum absolute atomic E-state index is 11.3. The van der Waals surface area contributed by atoms with Crippen molar-refractivity contribution < 1.29 is 13.2 Å². The Morgan fingerprint density at radius 3 is 2.80 bits per heavy atom. The molecule has 1 heterocycles. The van der Waals surface area contributed by atoms with E-state index in [1.807, 2.05) is 4.90 Å². The summed E-state index contributed by atoms with van der Waals surface area (Å²) in [4.78, 5) is 1.88. The molecule has 1 aliphatic rings. The summed E-state index contributed by atoms with van der Waals surface area (Å²) < 4.78 is 27.5. The van der Waals surface area contributed by atoms with Gasteiger partial charge in [0.2, 0.25) is 0 Å². The van der Waals surface area contributed by atoms with Crippen LogP contribution in [0.5, 0.6) is 0 Å². The zero-order valence-electron chi connectivity index (χ0n) is 8.85. The highest BCUT2D eigenvalue weighted by Crippen LogP contribution is 2.17. The standard InChI is InChI=1S/C9H16N2O3S/c1-14-6-5-11(4-3-10)9-2-7-15(12,13)8-9/h9H,2,4-8H2,1H3. The molecule has 5 nitrogen and oxygen atoms in total. The molecule has 15 heavy (non-hydrogen) atoms. The topological polar surface area (TPSA) is 70.4 Å². The van der Waals surface area contributed by atoms with E-state index in [4.69, 9.17) is 10.00 Å². The SMILES string of the molecule is COCCN(CC#N)C1CCS(=O)(=O)C1. The van der Waals surface area contributed by atoms with Crippen molar-refractivity contribution in [1.82, 2.24) is 4.90 Å². The highest BCUT2D eigenvalue weighted by Gasteiger charge is 2.31. The first-order valence-corrected chi connectivity index (χ1v) is 6.71. The van der Waals surface area contributed by atoms with E-state index in [9.17, 15) is 8.42 Å². The molecular formula is C9H16N2O3S. The van der Waals surface area contributed by atoms with E-state index in [0.717, 1.165) is 0 Å². The first-order valence-electron chi connectivity index (χ1n) is 4.89. The van der Waals surface area contributed by atoms with Crippen LogP contribution in [0.15, 0.2) is 0 Å². The third kappa shape index (κ3) is 3.78. The average molecular weight is 232 g/mol. The Labute approximate surface area is 90.5 Å². The molecule has 0 radical (unpaired) electrons. The van der Waals surface area contributed by atoms with Crippen LogP contribution in [0, 0.1) is 11.3 Å². The summed E-state index contributed by atoms with van der Waals surface area (Å²) in [6.45, 7) is 1.41. The number of rotatable bonds is 5. The molecule has 1 saturated heterocycles. The van der Waals surface area contributed by atoms with Crippen LogP contribution in [0.25, 0.3) is 0 Å². The van der Waals surface area contributed by atoms with Gasteiger partial charge in [0.1, 0.15) is 0 Å². The number of nitrogens with zero attached hydrogens (tertiary/aromatic N) is 2. The van der Waals surface area contributed by atoms with Crippen molar-refractivity contribution in [2.75, 3.05) is 38.3 Å². The van der Waals surface area contributed by atoms with Crippen molar-refractivity contribution >= 4 is 9.84 Å². The van der Waals surface area contributed by atoms with Crippen LogP contribution in [0.3, 0.4) is 0 Å². The van der Waals surface area contributed by atoms with Crippen molar-refractivity contribution in [3.8, 4) is 6.07 Å². The maximum atomic E-state index is 11.3. The van der Waals surface area contributed by atoms with Crippen LogP contribution >= 0.6 is 0 Å². The highest BCUT2D eigenvalue weighted by atomic mass is 32.2.